The highest BCUT2D eigenvalue weighted by atomic mass is 35.5. The first-order valence-electron chi connectivity index (χ1n) is 7.81. The Bertz CT molecular complexity index is 418. The molecule has 0 unspecified atom stereocenters. The largest absolute Gasteiger partial charge is 0.491 e. The number of ether oxygens (including phenoxy) is 1. The molecule has 22 heavy (non-hydrogen) atoms. The smallest absolute Gasteiger partial charge is 0.220 e. The van der Waals surface area contributed by atoms with Gasteiger partial charge in [0.2, 0.25) is 5.91 Å². The first-order chi connectivity index (χ1) is 10.1. The number of para-hydroxylation sites is 1. The molecule has 5 heteroatoms. The summed E-state index contributed by atoms with van der Waals surface area (Å²) in [7, 11) is 0. The van der Waals surface area contributed by atoms with Crippen molar-refractivity contribution in [3.05, 3.63) is 29.3 Å². The molecule has 0 fully saturated rings. The Morgan fingerprint density at radius 1 is 1.14 bits per heavy atom. The molecule has 0 radical (unpaired) electrons. The number of aryl methyl sites for hydroxylation is 2. The highest BCUT2D eigenvalue weighted by molar-refractivity contribution is 5.85. The van der Waals surface area contributed by atoms with E-state index in [9.17, 15) is 4.79 Å². The highest BCUT2D eigenvalue weighted by Crippen LogP contribution is 2.21. The van der Waals surface area contributed by atoms with Crippen LogP contribution in [0.3, 0.4) is 0 Å². The molecule has 1 aromatic carbocycles. The van der Waals surface area contributed by atoms with Crippen LogP contribution in [0.15, 0.2) is 18.2 Å². The van der Waals surface area contributed by atoms with Crippen LogP contribution in [0.25, 0.3) is 0 Å². The Morgan fingerprint density at radius 3 is 2.41 bits per heavy atom. The molecule has 0 aliphatic carbocycles. The number of carbonyl (C=O) groups excluding carboxylic acids is 1. The molecule has 1 amide bonds. The summed E-state index contributed by atoms with van der Waals surface area (Å²) in [6.07, 6.45) is 4.76. The lowest BCUT2D eigenvalue weighted by molar-refractivity contribution is -0.121. The lowest BCUT2D eigenvalue weighted by atomic mass is 10.1. The van der Waals surface area contributed by atoms with E-state index in [2.05, 4.69) is 5.32 Å². The van der Waals surface area contributed by atoms with Crippen molar-refractivity contribution in [1.29, 1.82) is 0 Å². The highest BCUT2D eigenvalue weighted by Gasteiger charge is 2.04. The molecular formula is C17H29ClN2O2. The quantitative estimate of drug-likeness (QED) is 0.648. The van der Waals surface area contributed by atoms with Crippen LogP contribution in [0, 0.1) is 13.8 Å². The zero-order valence-corrected chi connectivity index (χ0v) is 14.5. The monoisotopic (exact) mass is 328 g/mol. The molecule has 0 aliphatic heterocycles. The van der Waals surface area contributed by atoms with Gasteiger partial charge in [-0.2, -0.15) is 0 Å². The normalized spacial score (nSPS) is 9.95. The number of benzene rings is 1. The molecule has 0 aromatic heterocycles. The lowest BCUT2D eigenvalue weighted by Gasteiger charge is -2.12. The number of halogens is 1. The number of nitrogens with two attached hydrogens (primary N) is 1. The van der Waals surface area contributed by atoms with Crippen LogP contribution in [0.2, 0.25) is 0 Å². The van der Waals surface area contributed by atoms with Crippen molar-refractivity contribution in [2.45, 2.75) is 46.0 Å². The van der Waals surface area contributed by atoms with Crippen LogP contribution in [0.5, 0.6) is 5.75 Å². The van der Waals surface area contributed by atoms with Crippen LogP contribution in [-0.4, -0.2) is 25.6 Å². The van der Waals surface area contributed by atoms with Gasteiger partial charge in [-0.05, 0) is 44.4 Å². The van der Waals surface area contributed by atoms with E-state index in [1.54, 1.807) is 0 Å². The molecule has 0 aliphatic rings. The molecule has 126 valence electrons. The van der Waals surface area contributed by atoms with Gasteiger partial charge in [0.05, 0.1) is 6.54 Å². The average molecular weight is 329 g/mol. The maximum Gasteiger partial charge on any atom is 0.220 e. The summed E-state index contributed by atoms with van der Waals surface area (Å²) in [5.74, 6) is 1.03. The molecule has 4 nitrogen and oxygen atoms in total. The number of nitrogens with one attached hydrogen (secondary N) is 1. The van der Waals surface area contributed by atoms with Crippen molar-refractivity contribution in [1.82, 2.24) is 5.32 Å². The first kappa shape index (κ1) is 20.7. The number of amides is 1. The van der Waals surface area contributed by atoms with E-state index in [0.29, 0.717) is 19.6 Å². The molecule has 0 saturated carbocycles. The summed E-state index contributed by atoms with van der Waals surface area (Å²) in [5.41, 5.74) is 7.68. The average Bonchev–Trinajstić information content (AvgIpc) is 2.46. The minimum absolute atomic E-state index is 0. The van der Waals surface area contributed by atoms with E-state index < -0.39 is 0 Å². The Kier molecular flexibility index (Phi) is 11.6. The number of hydrogen-bond acceptors (Lipinski definition) is 3. The van der Waals surface area contributed by atoms with E-state index in [4.69, 9.17) is 10.5 Å². The molecular weight excluding hydrogens is 300 g/mol. The van der Waals surface area contributed by atoms with Gasteiger partial charge in [0, 0.05) is 6.42 Å². The maximum absolute atomic E-state index is 11.6. The van der Waals surface area contributed by atoms with Gasteiger partial charge in [0.1, 0.15) is 12.4 Å². The number of unbranched alkanes of at least 4 members (excludes halogenated alkanes) is 3. The molecule has 0 heterocycles. The van der Waals surface area contributed by atoms with Gasteiger partial charge in [-0.1, -0.05) is 31.0 Å². The van der Waals surface area contributed by atoms with Crippen molar-refractivity contribution in [3.8, 4) is 5.75 Å². The summed E-state index contributed by atoms with van der Waals surface area (Å²) in [6, 6.07) is 6.08. The second-order valence-corrected chi connectivity index (χ2v) is 5.37. The Labute approximate surface area is 140 Å². The van der Waals surface area contributed by atoms with E-state index in [1.165, 1.54) is 0 Å². The van der Waals surface area contributed by atoms with Crippen molar-refractivity contribution >= 4 is 18.3 Å². The van der Waals surface area contributed by atoms with Crippen LogP contribution in [0.1, 0.15) is 43.2 Å². The SMILES string of the molecule is Cc1cccc(C)c1OCCNC(=O)CCCCCCN.Cl. The molecule has 0 saturated heterocycles. The molecule has 0 spiro atoms. The summed E-state index contributed by atoms with van der Waals surface area (Å²) in [4.78, 5) is 11.6. The number of rotatable bonds is 10. The Morgan fingerprint density at radius 2 is 1.77 bits per heavy atom. The van der Waals surface area contributed by atoms with Crippen LogP contribution >= 0.6 is 12.4 Å². The minimum atomic E-state index is 0. The van der Waals surface area contributed by atoms with Gasteiger partial charge < -0.3 is 15.8 Å². The molecule has 0 bridgehead atoms. The third-order valence-electron chi connectivity index (χ3n) is 3.44. The molecule has 1 aromatic rings. The van der Waals surface area contributed by atoms with Crippen molar-refractivity contribution in [3.63, 3.8) is 0 Å². The molecule has 3 N–H and O–H groups in total. The summed E-state index contributed by atoms with van der Waals surface area (Å²) < 4.78 is 5.75. The predicted octanol–water partition coefficient (Wildman–Crippen LogP) is 3.13. The van der Waals surface area contributed by atoms with Gasteiger partial charge in [-0.25, -0.2) is 0 Å². The predicted molar refractivity (Wildman–Crippen MR) is 93.8 cm³/mol. The number of hydrogen-bond donors (Lipinski definition) is 2. The zero-order chi connectivity index (χ0) is 15.5. The standard InChI is InChI=1S/C17H28N2O2.ClH/c1-14-8-7-9-15(2)17(14)21-13-12-19-16(20)10-5-3-4-6-11-18;/h7-9H,3-6,10-13,18H2,1-2H3,(H,19,20);1H. The van der Waals surface area contributed by atoms with Gasteiger partial charge in [0.25, 0.3) is 0 Å². The van der Waals surface area contributed by atoms with Crippen LogP contribution < -0.4 is 15.8 Å². The summed E-state index contributed by atoms with van der Waals surface area (Å²) in [5, 5.41) is 2.89. The van der Waals surface area contributed by atoms with E-state index in [-0.39, 0.29) is 18.3 Å². The second-order valence-electron chi connectivity index (χ2n) is 5.37. The van der Waals surface area contributed by atoms with Gasteiger partial charge in [-0.15, -0.1) is 12.4 Å². The van der Waals surface area contributed by atoms with Crippen LogP contribution in [0.4, 0.5) is 0 Å². The Balaban J connectivity index is 0.00000441. The van der Waals surface area contributed by atoms with Crippen LogP contribution in [-0.2, 0) is 4.79 Å². The lowest BCUT2D eigenvalue weighted by Crippen LogP contribution is -2.27. The summed E-state index contributed by atoms with van der Waals surface area (Å²) in [6.45, 7) is 5.85. The first-order valence-corrected chi connectivity index (χ1v) is 7.81. The van der Waals surface area contributed by atoms with E-state index >= 15 is 0 Å². The number of carbonyl (C=O) groups is 1. The maximum atomic E-state index is 11.6. The Hall–Kier alpha value is -1.26. The van der Waals surface area contributed by atoms with Gasteiger partial charge in [-0.3, -0.25) is 4.79 Å². The fourth-order valence-electron chi connectivity index (χ4n) is 2.24. The fourth-order valence-corrected chi connectivity index (χ4v) is 2.24. The van der Waals surface area contributed by atoms with Gasteiger partial charge >= 0.3 is 0 Å². The van der Waals surface area contributed by atoms with E-state index in [0.717, 1.165) is 49.1 Å². The fraction of sp³-hybridized carbons (Fsp3) is 0.588. The summed E-state index contributed by atoms with van der Waals surface area (Å²) >= 11 is 0. The van der Waals surface area contributed by atoms with Crippen molar-refractivity contribution < 1.29 is 9.53 Å². The van der Waals surface area contributed by atoms with Crippen molar-refractivity contribution in [2.75, 3.05) is 19.7 Å². The second kappa shape index (κ2) is 12.3. The minimum Gasteiger partial charge on any atom is -0.491 e. The van der Waals surface area contributed by atoms with Gasteiger partial charge in [0.15, 0.2) is 0 Å². The van der Waals surface area contributed by atoms with Crippen molar-refractivity contribution in [2.24, 2.45) is 5.73 Å². The topological polar surface area (TPSA) is 64.3 Å². The van der Waals surface area contributed by atoms with E-state index in [1.807, 2.05) is 32.0 Å². The third kappa shape index (κ3) is 8.25. The molecule has 0 atom stereocenters. The molecule has 1 rings (SSSR count). The zero-order valence-electron chi connectivity index (χ0n) is 13.7. The third-order valence-corrected chi connectivity index (χ3v) is 3.44.